The number of hydrogen-bond donors (Lipinski definition) is 1. The van der Waals surface area contributed by atoms with Gasteiger partial charge in [0, 0.05) is 29.2 Å². The van der Waals surface area contributed by atoms with E-state index in [9.17, 15) is 4.79 Å². The van der Waals surface area contributed by atoms with E-state index in [4.69, 9.17) is 32.9 Å². The number of halogens is 2. The minimum absolute atomic E-state index is 0.0265. The van der Waals surface area contributed by atoms with Crippen LogP contribution in [0.3, 0.4) is 0 Å². The SMILES string of the molecule is CCCCCCn1cc(-c2ccc(Cl)cc2Cl)nc1[C@H](Cc1ccc(OCCCC)cc1)NC(=O)C1CCC(C(C)(C)C)CC1. The zero-order valence-electron chi connectivity index (χ0n) is 28.0. The van der Waals surface area contributed by atoms with Gasteiger partial charge in [-0.15, -0.1) is 0 Å². The fourth-order valence-corrected chi connectivity index (χ4v) is 6.94. The molecular weight excluding hydrogens is 601 g/mol. The number of carbonyl (C=O) groups is 1. The normalized spacial score (nSPS) is 17.7. The van der Waals surface area contributed by atoms with E-state index in [1.807, 2.05) is 24.3 Å². The summed E-state index contributed by atoms with van der Waals surface area (Å²) in [4.78, 5) is 19.1. The molecule has 5 nitrogen and oxygen atoms in total. The molecular formula is C38H53Cl2N3O2. The van der Waals surface area contributed by atoms with Crippen LogP contribution in [0.25, 0.3) is 11.3 Å². The maximum Gasteiger partial charge on any atom is 0.223 e. The Morgan fingerprint density at radius 1 is 0.978 bits per heavy atom. The van der Waals surface area contributed by atoms with E-state index in [1.165, 1.54) is 12.8 Å². The molecule has 1 amide bonds. The minimum Gasteiger partial charge on any atom is -0.494 e. The molecule has 1 atom stereocenters. The average Bonchev–Trinajstić information content (AvgIpc) is 3.43. The molecule has 4 rings (SSSR count). The molecule has 2 aromatic carbocycles. The van der Waals surface area contributed by atoms with Crippen LogP contribution in [-0.2, 0) is 17.8 Å². The van der Waals surface area contributed by atoms with E-state index < -0.39 is 0 Å². The van der Waals surface area contributed by atoms with Crippen LogP contribution in [-0.4, -0.2) is 22.1 Å². The lowest BCUT2D eigenvalue weighted by Gasteiger charge is -2.36. The summed E-state index contributed by atoms with van der Waals surface area (Å²) in [6.45, 7) is 12.9. The fourth-order valence-electron chi connectivity index (χ4n) is 6.43. The van der Waals surface area contributed by atoms with Crippen molar-refractivity contribution in [1.82, 2.24) is 14.9 Å². The molecule has 0 saturated heterocycles. The van der Waals surface area contributed by atoms with Gasteiger partial charge in [0.2, 0.25) is 5.91 Å². The smallest absolute Gasteiger partial charge is 0.223 e. The molecule has 246 valence electrons. The molecule has 0 radical (unpaired) electrons. The third kappa shape index (κ3) is 10.2. The molecule has 3 aromatic rings. The molecule has 1 fully saturated rings. The Balaban J connectivity index is 1.63. The fraction of sp³-hybridized carbons (Fsp3) is 0.579. The maximum atomic E-state index is 13.9. The van der Waals surface area contributed by atoms with Crippen LogP contribution in [0.4, 0.5) is 0 Å². The lowest BCUT2D eigenvalue weighted by Crippen LogP contribution is -2.38. The number of amides is 1. The van der Waals surface area contributed by atoms with Gasteiger partial charge in [0.05, 0.1) is 23.4 Å². The van der Waals surface area contributed by atoms with Crippen molar-refractivity contribution in [3.63, 3.8) is 0 Å². The molecule has 1 aromatic heterocycles. The zero-order valence-corrected chi connectivity index (χ0v) is 29.5. The number of aromatic nitrogens is 2. The number of rotatable bonds is 15. The van der Waals surface area contributed by atoms with E-state index in [1.54, 1.807) is 6.07 Å². The van der Waals surface area contributed by atoms with Crippen molar-refractivity contribution in [2.45, 2.75) is 118 Å². The second-order valence-electron chi connectivity index (χ2n) is 13.9. The Bertz CT molecular complexity index is 1350. The maximum absolute atomic E-state index is 13.9. The highest BCUT2D eigenvalue weighted by Gasteiger charge is 2.34. The van der Waals surface area contributed by atoms with Crippen molar-refractivity contribution >= 4 is 29.1 Å². The monoisotopic (exact) mass is 653 g/mol. The van der Waals surface area contributed by atoms with Crippen molar-refractivity contribution in [2.24, 2.45) is 17.3 Å². The van der Waals surface area contributed by atoms with Crippen LogP contribution in [0.1, 0.15) is 116 Å². The molecule has 1 N–H and O–H groups in total. The average molecular weight is 655 g/mol. The summed E-state index contributed by atoms with van der Waals surface area (Å²) < 4.78 is 8.15. The Hall–Kier alpha value is -2.50. The van der Waals surface area contributed by atoms with Crippen molar-refractivity contribution in [1.29, 1.82) is 0 Å². The molecule has 0 aliphatic heterocycles. The zero-order chi connectivity index (χ0) is 32.4. The third-order valence-corrected chi connectivity index (χ3v) is 9.90. The van der Waals surface area contributed by atoms with Crippen molar-refractivity contribution in [3.8, 4) is 17.0 Å². The van der Waals surface area contributed by atoms with Crippen LogP contribution in [0.5, 0.6) is 5.75 Å². The first kappa shape index (κ1) is 35.4. The number of aryl methyl sites for hydroxylation is 1. The Kier molecular flexibility index (Phi) is 13.3. The molecule has 0 spiro atoms. The van der Waals surface area contributed by atoms with Crippen molar-refractivity contribution in [3.05, 3.63) is 70.1 Å². The van der Waals surface area contributed by atoms with Crippen LogP contribution >= 0.6 is 23.2 Å². The van der Waals surface area contributed by atoms with Crippen molar-refractivity contribution < 1.29 is 9.53 Å². The van der Waals surface area contributed by atoms with Crippen LogP contribution < -0.4 is 10.1 Å². The van der Waals surface area contributed by atoms with Crippen LogP contribution in [0, 0.1) is 17.3 Å². The lowest BCUT2D eigenvalue weighted by molar-refractivity contribution is -0.127. The van der Waals surface area contributed by atoms with Gasteiger partial charge in [-0.1, -0.05) is 95.6 Å². The number of unbranched alkanes of at least 4 members (excludes halogenated alkanes) is 4. The van der Waals surface area contributed by atoms with Gasteiger partial charge in [-0.25, -0.2) is 4.98 Å². The largest absolute Gasteiger partial charge is 0.494 e. The van der Waals surface area contributed by atoms with Gasteiger partial charge in [0.1, 0.15) is 11.6 Å². The van der Waals surface area contributed by atoms with E-state index >= 15 is 0 Å². The minimum atomic E-state index is -0.282. The lowest BCUT2D eigenvalue weighted by atomic mass is 9.69. The van der Waals surface area contributed by atoms with Gasteiger partial charge >= 0.3 is 0 Å². The van der Waals surface area contributed by atoms with E-state index in [2.05, 4.69) is 62.8 Å². The quantitative estimate of drug-likeness (QED) is 0.166. The van der Waals surface area contributed by atoms with Crippen LogP contribution in [0.15, 0.2) is 48.7 Å². The standard InChI is InChI=1S/C38H53Cl2N3O2/c1-6-8-10-11-22-43-26-35(32-21-18-30(39)25-33(32)40)41-36(43)34(24-27-12-19-31(20-13-27)45-23-9-7-2)42-37(44)28-14-16-29(17-15-28)38(3,4)5/h12-13,18-21,25-26,28-29,34H,6-11,14-17,22-24H2,1-5H3,(H,42,44)/t28?,29?,34-/m0/s1. The number of nitrogens with one attached hydrogen (secondary N) is 1. The molecule has 7 heteroatoms. The summed E-state index contributed by atoms with van der Waals surface area (Å²) in [5, 5.41) is 4.65. The highest BCUT2D eigenvalue weighted by molar-refractivity contribution is 6.36. The number of hydrogen-bond acceptors (Lipinski definition) is 3. The predicted octanol–water partition coefficient (Wildman–Crippen LogP) is 10.9. The van der Waals surface area contributed by atoms with Gasteiger partial charge in [-0.3, -0.25) is 4.79 Å². The number of ether oxygens (including phenoxy) is 1. The molecule has 0 bridgehead atoms. The highest BCUT2D eigenvalue weighted by atomic mass is 35.5. The predicted molar refractivity (Wildman–Crippen MR) is 188 cm³/mol. The second kappa shape index (κ2) is 16.9. The first-order valence-corrected chi connectivity index (χ1v) is 17.9. The summed E-state index contributed by atoms with van der Waals surface area (Å²) in [7, 11) is 0. The number of carbonyl (C=O) groups excluding carboxylic acids is 1. The first-order chi connectivity index (χ1) is 21.6. The van der Waals surface area contributed by atoms with E-state index in [-0.39, 0.29) is 23.3 Å². The summed E-state index contributed by atoms with van der Waals surface area (Å²) in [6, 6.07) is 13.5. The van der Waals surface area contributed by atoms with Crippen LogP contribution in [0.2, 0.25) is 10.0 Å². The molecule has 1 heterocycles. The number of benzene rings is 2. The van der Waals surface area contributed by atoms with E-state index in [0.717, 1.165) is 92.9 Å². The van der Waals surface area contributed by atoms with Gasteiger partial charge in [-0.2, -0.15) is 0 Å². The number of nitrogens with zero attached hydrogens (tertiary/aromatic N) is 2. The Morgan fingerprint density at radius 2 is 1.69 bits per heavy atom. The van der Waals surface area contributed by atoms with Crippen molar-refractivity contribution in [2.75, 3.05) is 6.61 Å². The molecule has 1 aliphatic rings. The first-order valence-electron chi connectivity index (χ1n) is 17.1. The molecule has 0 unspecified atom stereocenters. The van der Waals surface area contributed by atoms with Gasteiger partial charge in [0.25, 0.3) is 0 Å². The van der Waals surface area contributed by atoms with E-state index in [0.29, 0.717) is 22.4 Å². The van der Waals surface area contributed by atoms with Gasteiger partial charge in [0.15, 0.2) is 0 Å². The van der Waals surface area contributed by atoms with Gasteiger partial charge < -0.3 is 14.6 Å². The summed E-state index contributed by atoms with van der Waals surface area (Å²) >= 11 is 12.9. The Labute approximate surface area is 281 Å². The van der Waals surface area contributed by atoms with Gasteiger partial charge in [-0.05, 0) is 92.2 Å². The summed E-state index contributed by atoms with van der Waals surface area (Å²) in [5.41, 5.74) is 3.05. The number of imidazole rings is 1. The third-order valence-electron chi connectivity index (χ3n) is 9.35. The highest BCUT2D eigenvalue weighted by Crippen LogP contribution is 2.40. The molecule has 1 aliphatic carbocycles. The molecule has 45 heavy (non-hydrogen) atoms. The summed E-state index contributed by atoms with van der Waals surface area (Å²) in [5.74, 6) is 2.56. The summed E-state index contributed by atoms with van der Waals surface area (Å²) in [6.07, 6.45) is 13.5. The Morgan fingerprint density at radius 3 is 2.33 bits per heavy atom. The molecule has 1 saturated carbocycles. The second-order valence-corrected chi connectivity index (χ2v) is 14.7. The topological polar surface area (TPSA) is 56.1 Å².